The Morgan fingerprint density at radius 1 is 1.27 bits per heavy atom. The maximum absolute atomic E-state index is 14.3. The first-order valence-corrected chi connectivity index (χ1v) is 8.73. The number of nitrogens with zero attached hydrogens (tertiary/aromatic N) is 2. The van der Waals surface area contributed by atoms with Gasteiger partial charge in [0.15, 0.2) is 6.61 Å². The van der Waals surface area contributed by atoms with Crippen LogP contribution in [0.4, 0.5) is 4.39 Å². The third-order valence-corrected chi connectivity index (χ3v) is 4.35. The highest BCUT2D eigenvalue weighted by Gasteiger charge is 2.23. The summed E-state index contributed by atoms with van der Waals surface area (Å²) in [6.45, 7) is -0.184. The lowest BCUT2D eigenvalue weighted by molar-refractivity contribution is -0.123. The Hall–Kier alpha value is -2.67. The quantitative estimate of drug-likeness (QED) is 0.666. The molecule has 7 heteroatoms. The van der Waals surface area contributed by atoms with E-state index in [0.29, 0.717) is 17.1 Å². The normalized spacial score (nSPS) is 11.8. The summed E-state index contributed by atoms with van der Waals surface area (Å²) in [4.78, 5) is 16.6. The average molecular weight is 418 g/mol. The summed E-state index contributed by atoms with van der Waals surface area (Å²) in [6.07, 6.45) is 3.35. The predicted octanol–water partition coefficient (Wildman–Crippen LogP) is 3.61. The number of halogens is 2. The zero-order valence-electron chi connectivity index (χ0n) is 14.0. The van der Waals surface area contributed by atoms with E-state index in [1.54, 1.807) is 54.3 Å². The second-order valence-corrected chi connectivity index (χ2v) is 6.58. The fraction of sp³-hybridized carbons (Fsp3) is 0.158. The Bertz CT molecular complexity index is 896. The minimum absolute atomic E-state index is 0.184. The van der Waals surface area contributed by atoms with E-state index in [2.05, 4.69) is 26.2 Å². The van der Waals surface area contributed by atoms with Crippen LogP contribution in [0.5, 0.6) is 5.75 Å². The van der Waals surface area contributed by atoms with Crippen molar-refractivity contribution in [3.05, 3.63) is 82.6 Å². The number of ether oxygens (including phenoxy) is 1. The summed E-state index contributed by atoms with van der Waals surface area (Å²) in [5.41, 5.74) is 0.346. The van der Waals surface area contributed by atoms with Gasteiger partial charge < -0.3 is 14.6 Å². The molecule has 0 saturated carbocycles. The molecule has 0 saturated heterocycles. The molecule has 0 bridgehead atoms. The van der Waals surface area contributed by atoms with Crippen molar-refractivity contribution < 1.29 is 13.9 Å². The molecule has 1 atom stereocenters. The molecule has 0 fully saturated rings. The number of hydrogen-bond acceptors (Lipinski definition) is 3. The van der Waals surface area contributed by atoms with Gasteiger partial charge in [-0.2, -0.15) is 0 Å². The molecule has 1 amide bonds. The second-order valence-electron chi connectivity index (χ2n) is 5.66. The zero-order valence-corrected chi connectivity index (χ0v) is 15.6. The molecule has 134 valence electrons. The highest BCUT2D eigenvalue weighted by molar-refractivity contribution is 9.10. The third kappa shape index (κ3) is 4.29. The van der Waals surface area contributed by atoms with Crippen molar-refractivity contribution in [1.29, 1.82) is 0 Å². The summed E-state index contributed by atoms with van der Waals surface area (Å²) in [5.74, 6) is 0.327. The van der Waals surface area contributed by atoms with Gasteiger partial charge in [-0.1, -0.05) is 34.1 Å². The van der Waals surface area contributed by atoms with Gasteiger partial charge in [0.25, 0.3) is 5.91 Å². The molecule has 0 aliphatic rings. The number of imidazole rings is 1. The monoisotopic (exact) mass is 417 g/mol. The lowest BCUT2D eigenvalue weighted by atomic mass is 10.1. The molecular formula is C19H17BrFN3O2. The predicted molar refractivity (Wildman–Crippen MR) is 99.2 cm³/mol. The third-order valence-electron chi connectivity index (χ3n) is 3.82. The van der Waals surface area contributed by atoms with Crippen LogP contribution in [-0.2, 0) is 11.8 Å². The molecule has 0 aliphatic heterocycles. The molecule has 3 aromatic rings. The molecule has 1 heterocycles. The first kappa shape index (κ1) is 18.1. The number of aromatic nitrogens is 2. The number of nitrogens with one attached hydrogen (secondary N) is 1. The van der Waals surface area contributed by atoms with Gasteiger partial charge in [0, 0.05) is 29.5 Å². The van der Waals surface area contributed by atoms with Gasteiger partial charge in [-0.05, 0) is 30.3 Å². The highest BCUT2D eigenvalue weighted by Crippen LogP contribution is 2.23. The number of benzene rings is 2. The van der Waals surface area contributed by atoms with E-state index in [-0.39, 0.29) is 12.5 Å². The molecule has 0 spiro atoms. The molecule has 5 nitrogen and oxygen atoms in total. The summed E-state index contributed by atoms with van der Waals surface area (Å²) in [6, 6.07) is 12.8. The van der Waals surface area contributed by atoms with Crippen molar-refractivity contribution in [3.8, 4) is 5.75 Å². The number of hydrogen-bond donors (Lipinski definition) is 1. The molecular weight excluding hydrogens is 401 g/mol. The van der Waals surface area contributed by atoms with E-state index >= 15 is 0 Å². The van der Waals surface area contributed by atoms with Crippen LogP contribution in [0.15, 0.2) is 65.4 Å². The van der Waals surface area contributed by atoms with Crippen LogP contribution in [-0.4, -0.2) is 22.1 Å². The van der Waals surface area contributed by atoms with Gasteiger partial charge in [0.05, 0.1) is 0 Å². The van der Waals surface area contributed by atoms with Crippen molar-refractivity contribution in [1.82, 2.24) is 14.9 Å². The highest BCUT2D eigenvalue weighted by atomic mass is 79.9. The van der Waals surface area contributed by atoms with Gasteiger partial charge in [-0.25, -0.2) is 9.37 Å². The molecule has 1 aromatic heterocycles. The fourth-order valence-electron chi connectivity index (χ4n) is 2.53. The molecule has 0 aliphatic carbocycles. The van der Waals surface area contributed by atoms with Crippen molar-refractivity contribution in [2.24, 2.45) is 7.05 Å². The number of aryl methyl sites for hydroxylation is 1. The second kappa shape index (κ2) is 8.14. The van der Waals surface area contributed by atoms with E-state index in [1.165, 1.54) is 6.07 Å². The summed E-state index contributed by atoms with van der Waals surface area (Å²) < 4.78 is 22.4. The number of amides is 1. The smallest absolute Gasteiger partial charge is 0.258 e. The van der Waals surface area contributed by atoms with E-state index in [1.807, 2.05) is 12.1 Å². The zero-order chi connectivity index (χ0) is 18.5. The maximum atomic E-state index is 14.3. The fourth-order valence-corrected chi connectivity index (χ4v) is 2.79. The first-order valence-electron chi connectivity index (χ1n) is 7.94. The minimum Gasteiger partial charge on any atom is -0.484 e. The Morgan fingerprint density at radius 3 is 2.65 bits per heavy atom. The molecule has 3 rings (SSSR count). The molecule has 2 aromatic carbocycles. The van der Waals surface area contributed by atoms with E-state index in [0.717, 1.165) is 4.47 Å². The maximum Gasteiger partial charge on any atom is 0.258 e. The molecule has 26 heavy (non-hydrogen) atoms. The average Bonchev–Trinajstić information content (AvgIpc) is 3.06. The summed E-state index contributed by atoms with van der Waals surface area (Å²) in [7, 11) is 1.79. The van der Waals surface area contributed by atoms with Crippen LogP contribution in [0.2, 0.25) is 0 Å². The van der Waals surface area contributed by atoms with Crippen molar-refractivity contribution in [2.45, 2.75) is 6.04 Å². The standard InChI is InChI=1S/C19H17BrFN3O2/c1-24-11-10-22-19(24)18(15-4-2-3-5-16(15)21)23-17(25)12-26-14-8-6-13(20)7-9-14/h2-11,18H,12H2,1H3,(H,23,25). The number of carbonyl (C=O) groups excluding carboxylic acids is 1. The number of carbonyl (C=O) groups is 1. The largest absolute Gasteiger partial charge is 0.484 e. The topological polar surface area (TPSA) is 56.2 Å². The SMILES string of the molecule is Cn1ccnc1C(NC(=O)COc1ccc(Br)cc1)c1ccccc1F. The summed E-state index contributed by atoms with van der Waals surface area (Å²) >= 11 is 3.34. The van der Waals surface area contributed by atoms with Crippen LogP contribution >= 0.6 is 15.9 Å². The Balaban J connectivity index is 1.75. The van der Waals surface area contributed by atoms with Gasteiger partial charge in [0.2, 0.25) is 0 Å². The van der Waals surface area contributed by atoms with Crippen molar-refractivity contribution in [3.63, 3.8) is 0 Å². The summed E-state index contributed by atoms with van der Waals surface area (Å²) in [5, 5.41) is 2.80. The van der Waals surface area contributed by atoms with Gasteiger partial charge in [-0.15, -0.1) is 0 Å². The van der Waals surface area contributed by atoms with Crippen LogP contribution in [0.3, 0.4) is 0 Å². The van der Waals surface area contributed by atoms with Crippen molar-refractivity contribution >= 4 is 21.8 Å². The lowest BCUT2D eigenvalue weighted by Crippen LogP contribution is -2.35. The van der Waals surface area contributed by atoms with Gasteiger partial charge >= 0.3 is 0 Å². The Kier molecular flexibility index (Phi) is 5.68. The molecule has 1 N–H and O–H groups in total. The van der Waals surface area contributed by atoms with Gasteiger partial charge in [0.1, 0.15) is 23.4 Å². The Morgan fingerprint density at radius 2 is 2.00 bits per heavy atom. The first-order chi connectivity index (χ1) is 12.5. The van der Waals surface area contributed by atoms with Crippen LogP contribution < -0.4 is 10.1 Å². The lowest BCUT2D eigenvalue weighted by Gasteiger charge is -2.20. The van der Waals surface area contributed by atoms with Crippen LogP contribution in [0, 0.1) is 5.82 Å². The minimum atomic E-state index is -0.711. The van der Waals surface area contributed by atoms with Gasteiger partial charge in [-0.3, -0.25) is 4.79 Å². The van der Waals surface area contributed by atoms with Crippen LogP contribution in [0.1, 0.15) is 17.4 Å². The van der Waals surface area contributed by atoms with Crippen LogP contribution in [0.25, 0.3) is 0 Å². The van der Waals surface area contributed by atoms with E-state index < -0.39 is 11.9 Å². The van der Waals surface area contributed by atoms with Crippen molar-refractivity contribution in [2.75, 3.05) is 6.61 Å². The molecule has 0 radical (unpaired) electrons. The number of rotatable bonds is 6. The Labute approximate surface area is 159 Å². The molecule has 1 unspecified atom stereocenters. The van der Waals surface area contributed by atoms with E-state index in [9.17, 15) is 9.18 Å². The van der Waals surface area contributed by atoms with E-state index in [4.69, 9.17) is 4.74 Å².